The highest BCUT2D eigenvalue weighted by molar-refractivity contribution is 6.33. The maximum absolute atomic E-state index is 13.0. The zero-order chi connectivity index (χ0) is 15.6. The first-order chi connectivity index (χ1) is 9.93. The van der Waals surface area contributed by atoms with Gasteiger partial charge in [0.25, 0.3) is 5.91 Å². The van der Waals surface area contributed by atoms with E-state index in [0.717, 1.165) is 6.07 Å². The molecule has 1 aromatic rings. The standard InChI is InChI=1S/C14H16ClFN2O3/c1-21-7-8-5-18(6-11(8)13(17)19)14(20)10-3-2-9(16)4-12(10)15/h2-4,8,11H,5-7H2,1H3,(H2,17,19)/t8-,11+/m0/s1. The van der Waals surface area contributed by atoms with Gasteiger partial charge >= 0.3 is 0 Å². The molecule has 1 saturated heterocycles. The summed E-state index contributed by atoms with van der Waals surface area (Å²) in [4.78, 5) is 25.4. The van der Waals surface area contributed by atoms with E-state index >= 15 is 0 Å². The first-order valence-electron chi connectivity index (χ1n) is 6.46. The molecule has 1 aliphatic heterocycles. The minimum absolute atomic E-state index is 0.0471. The number of hydrogen-bond acceptors (Lipinski definition) is 3. The third-order valence-corrected chi connectivity index (χ3v) is 3.95. The van der Waals surface area contributed by atoms with Crippen molar-refractivity contribution in [3.63, 3.8) is 0 Å². The fourth-order valence-electron chi connectivity index (χ4n) is 2.58. The normalized spacial score (nSPS) is 21.6. The largest absolute Gasteiger partial charge is 0.384 e. The zero-order valence-electron chi connectivity index (χ0n) is 11.5. The third kappa shape index (κ3) is 3.33. The maximum Gasteiger partial charge on any atom is 0.255 e. The van der Waals surface area contributed by atoms with Crippen molar-refractivity contribution < 1.29 is 18.7 Å². The van der Waals surface area contributed by atoms with Crippen molar-refractivity contribution >= 4 is 23.4 Å². The number of methoxy groups -OCH3 is 1. The molecule has 0 aliphatic carbocycles. The van der Waals surface area contributed by atoms with Gasteiger partial charge in [-0.1, -0.05) is 11.6 Å². The zero-order valence-corrected chi connectivity index (χ0v) is 12.3. The predicted octanol–water partition coefficient (Wildman–Crippen LogP) is 1.30. The van der Waals surface area contributed by atoms with Gasteiger partial charge in [-0.05, 0) is 18.2 Å². The van der Waals surface area contributed by atoms with Crippen molar-refractivity contribution in [1.82, 2.24) is 4.90 Å². The number of carbonyl (C=O) groups excluding carboxylic acids is 2. The molecule has 21 heavy (non-hydrogen) atoms. The van der Waals surface area contributed by atoms with E-state index in [4.69, 9.17) is 22.1 Å². The molecule has 2 N–H and O–H groups in total. The summed E-state index contributed by atoms with van der Waals surface area (Å²) in [5, 5.41) is 0.0471. The Morgan fingerprint density at radius 2 is 2.19 bits per heavy atom. The van der Waals surface area contributed by atoms with E-state index < -0.39 is 17.6 Å². The maximum atomic E-state index is 13.0. The van der Waals surface area contributed by atoms with Crippen LogP contribution in [0.2, 0.25) is 5.02 Å². The molecule has 1 fully saturated rings. The van der Waals surface area contributed by atoms with Gasteiger partial charge in [-0.25, -0.2) is 4.39 Å². The van der Waals surface area contributed by atoms with E-state index in [-0.39, 0.29) is 29.0 Å². The van der Waals surface area contributed by atoms with Crippen LogP contribution in [0.3, 0.4) is 0 Å². The average molecular weight is 315 g/mol. The third-order valence-electron chi connectivity index (χ3n) is 3.64. The Labute approximate surface area is 126 Å². The van der Waals surface area contributed by atoms with E-state index in [9.17, 15) is 14.0 Å². The molecule has 0 aromatic heterocycles. The molecule has 2 atom stereocenters. The van der Waals surface area contributed by atoms with E-state index in [1.54, 1.807) is 0 Å². The van der Waals surface area contributed by atoms with Crippen LogP contribution >= 0.6 is 11.6 Å². The van der Waals surface area contributed by atoms with Crippen LogP contribution in [-0.2, 0) is 9.53 Å². The van der Waals surface area contributed by atoms with Crippen LogP contribution in [0.5, 0.6) is 0 Å². The van der Waals surface area contributed by atoms with Crippen LogP contribution < -0.4 is 5.73 Å². The van der Waals surface area contributed by atoms with Gasteiger partial charge in [-0.3, -0.25) is 9.59 Å². The Morgan fingerprint density at radius 3 is 2.76 bits per heavy atom. The van der Waals surface area contributed by atoms with Crippen molar-refractivity contribution in [2.24, 2.45) is 17.6 Å². The van der Waals surface area contributed by atoms with Gasteiger partial charge in [0, 0.05) is 26.1 Å². The minimum Gasteiger partial charge on any atom is -0.384 e. The second-order valence-corrected chi connectivity index (χ2v) is 5.47. The van der Waals surface area contributed by atoms with Crippen molar-refractivity contribution in [3.8, 4) is 0 Å². The van der Waals surface area contributed by atoms with E-state index in [0.29, 0.717) is 13.2 Å². The number of amides is 2. The van der Waals surface area contributed by atoms with Crippen LogP contribution in [0.25, 0.3) is 0 Å². The first-order valence-corrected chi connectivity index (χ1v) is 6.84. The number of primary amides is 1. The first kappa shape index (κ1) is 15.7. The Bertz CT molecular complexity index is 567. The smallest absolute Gasteiger partial charge is 0.255 e. The predicted molar refractivity (Wildman–Crippen MR) is 75.4 cm³/mol. The van der Waals surface area contributed by atoms with E-state index in [1.807, 2.05) is 0 Å². The highest BCUT2D eigenvalue weighted by Crippen LogP contribution is 2.27. The van der Waals surface area contributed by atoms with Crippen LogP contribution in [0.1, 0.15) is 10.4 Å². The lowest BCUT2D eigenvalue weighted by Crippen LogP contribution is -2.32. The Morgan fingerprint density at radius 1 is 1.48 bits per heavy atom. The monoisotopic (exact) mass is 314 g/mol. The average Bonchev–Trinajstić information content (AvgIpc) is 2.83. The Balaban J connectivity index is 2.18. The van der Waals surface area contributed by atoms with Gasteiger partial charge < -0.3 is 15.4 Å². The molecular formula is C14H16ClFN2O3. The second kappa shape index (κ2) is 6.41. The van der Waals surface area contributed by atoms with Gasteiger partial charge in [-0.2, -0.15) is 0 Å². The van der Waals surface area contributed by atoms with E-state index in [1.165, 1.54) is 24.1 Å². The SMILES string of the molecule is COC[C@@H]1CN(C(=O)c2ccc(F)cc2Cl)C[C@H]1C(N)=O. The molecule has 0 bridgehead atoms. The van der Waals surface area contributed by atoms with Gasteiger partial charge in [-0.15, -0.1) is 0 Å². The quantitative estimate of drug-likeness (QED) is 0.910. The Hall–Kier alpha value is -1.66. The number of hydrogen-bond donors (Lipinski definition) is 1. The highest BCUT2D eigenvalue weighted by atomic mass is 35.5. The molecular weight excluding hydrogens is 299 g/mol. The van der Waals surface area contributed by atoms with Crippen molar-refractivity contribution in [2.75, 3.05) is 26.8 Å². The summed E-state index contributed by atoms with van der Waals surface area (Å²) in [5.41, 5.74) is 5.57. The molecule has 7 heteroatoms. The minimum atomic E-state index is -0.509. The molecule has 0 saturated carbocycles. The molecule has 0 radical (unpaired) electrons. The van der Waals surface area contributed by atoms with Crippen LogP contribution in [0, 0.1) is 17.7 Å². The summed E-state index contributed by atoms with van der Waals surface area (Å²) in [5.74, 6) is -1.91. The molecule has 5 nitrogen and oxygen atoms in total. The Kier molecular flexibility index (Phi) is 4.80. The summed E-state index contributed by atoms with van der Waals surface area (Å²) in [6, 6.07) is 3.60. The van der Waals surface area contributed by atoms with Crippen LogP contribution in [0.15, 0.2) is 18.2 Å². The topological polar surface area (TPSA) is 72.6 Å². The molecule has 0 spiro atoms. The number of rotatable bonds is 4. The fourth-order valence-corrected chi connectivity index (χ4v) is 2.82. The summed E-state index contributed by atoms with van der Waals surface area (Å²) >= 11 is 5.90. The fraction of sp³-hybridized carbons (Fsp3) is 0.429. The number of ether oxygens (including phenoxy) is 1. The number of nitrogens with two attached hydrogens (primary N) is 1. The lowest BCUT2D eigenvalue weighted by Gasteiger charge is -2.17. The van der Waals surface area contributed by atoms with E-state index in [2.05, 4.69) is 0 Å². The second-order valence-electron chi connectivity index (χ2n) is 5.06. The molecule has 1 aromatic carbocycles. The highest BCUT2D eigenvalue weighted by Gasteiger charge is 2.39. The summed E-state index contributed by atoms with van der Waals surface area (Å²) < 4.78 is 18.1. The van der Waals surface area contributed by atoms with Gasteiger partial charge in [0.15, 0.2) is 0 Å². The van der Waals surface area contributed by atoms with Crippen molar-refractivity contribution in [3.05, 3.63) is 34.6 Å². The number of carbonyl (C=O) groups is 2. The van der Waals surface area contributed by atoms with Crippen molar-refractivity contribution in [1.29, 1.82) is 0 Å². The lowest BCUT2D eigenvalue weighted by molar-refractivity contribution is -0.122. The summed E-state index contributed by atoms with van der Waals surface area (Å²) in [6.45, 7) is 0.915. The number of likely N-dealkylation sites (tertiary alicyclic amines) is 1. The molecule has 1 aliphatic rings. The number of halogens is 2. The van der Waals surface area contributed by atoms with Gasteiger partial charge in [0.2, 0.25) is 5.91 Å². The van der Waals surface area contributed by atoms with Crippen LogP contribution in [0.4, 0.5) is 4.39 Å². The molecule has 0 unspecified atom stereocenters. The summed E-state index contributed by atoms with van der Waals surface area (Å²) in [6.07, 6.45) is 0. The molecule has 2 amide bonds. The number of benzene rings is 1. The summed E-state index contributed by atoms with van der Waals surface area (Å²) in [7, 11) is 1.53. The molecule has 114 valence electrons. The molecule has 1 heterocycles. The number of nitrogens with zero attached hydrogens (tertiary/aromatic N) is 1. The van der Waals surface area contributed by atoms with Gasteiger partial charge in [0.1, 0.15) is 5.82 Å². The lowest BCUT2D eigenvalue weighted by atomic mass is 9.96. The van der Waals surface area contributed by atoms with Crippen molar-refractivity contribution in [2.45, 2.75) is 0 Å². The van der Waals surface area contributed by atoms with Gasteiger partial charge in [0.05, 0.1) is 23.1 Å². The van der Waals surface area contributed by atoms with Crippen LogP contribution in [-0.4, -0.2) is 43.5 Å². The molecule has 2 rings (SSSR count).